The van der Waals surface area contributed by atoms with Gasteiger partial charge < -0.3 is 5.73 Å². The van der Waals surface area contributed by atoms with Gasteiger partial charge in [-0.2, -0.15) is 0 Å². The number of hydrogen-bond donors (Lipinski definition) is 1. The minimum absolute atomic E-state index is 0.0550. The topological polar surface area (TPSA) is 80.5 Å². The van der Waals surface area contributed by atoms with Crippen LogP contribution in [-0.4, -0.2) is 20.6 Å². The summed E-state index contributed by atoms with van der Waals surface area (Å²) >= 11 is 12.2. The first kappa shape index (κ1) is 20.0. The van der Waals surface area contributed by atoms with Crippen molar-refractivity contribution in [3.63, 3.8) is 0 Å². The SMILES string of the molecule is CS(=O)(=O)N(Cc1cccc(Cl)c1Cl)c1ccc(C(C(N)=O)C2CC2)cc1. The van der Waals surface area contributed by atoms with Gasteiger partial charge in [0.15, 0.2) is 0 Å². The molecule has 0 aliphatic heterocycles. The average Bonchev–Trinajstić information content (AvgIpc) is 3.41. The zero-order valence-electron chi connectivity index (χ0n) is 14.7. The predicted molar refractivity (Wildman–Crippen MR) is 109 cm³/mol. The van der Waals surface area contributed by atoms with Gasteiger partial charge in [0, 0.05) is 0 Å². The second-order valence-electron chi connectivity index (χ2n) is 6.79. The molecule has 0 bridgehead atoms. The van der Waals surface area contributed by atoms with E-state index in [0.29, 0.717) is 21.3 Å². The highest BCUT2D eigenvalue weighted by atomic mass is 35.5. The molecule has 1 amide bonds. The Bertz CT molecular complexity index is 957. The molecule has 1 unspecified atom stereocenters. The molecule has 0 spiro atoms. The van der Waals surface area contributed by atoms with Gasteiger partial charge >= 0.3 is 0 Å². The largest absolute Gasteiger partial charge is 0.369 e. The Kier molecular flexibility index (Phi) is 5.70. The summed E-state index contributed by atoms with van der Waals surface area (Å²) < 4.78 is 26.0. The molecule has 5 nitrogen and oxygen atoms in total. The van der Waals surface area contributed by atoms with Gasteiger partial charge in [0.05, 0.1) is 34.5 Å². The molecule has 1 aliphatic carbocycles. The van der Waals surface area contributed by atoms with Crippen LogP contribution in [0.1, 0.15) is 29.9 Å². The summed E-state index contributed by atoms with van der Waals surface area (Å²) in [5.41, 5.74) is 7.43. The number of amides is 1. The lowest BCUT2D eigenvalue weighted by Gasteiger charge is -2.24. The van der Waals surface area contributed by atoms with Crippen LogP contribution < -0.4 is 10.0 Å². The highest BCUT2D eigenvalue weighted by Gasteiger charge is 2.36. The van der Waals surface area contributed by atoms with E-state index in [9.17, 15) is 13.2 Å². The lowest BCUT2D eigenvalue weighted by molar-refractivity contribution is -0.119. The number of benzene rings is 2. The van der Waals surface area contributed by atoms with Crippen molar-refractivity contribution < 1.29 is 13.2 Å². The Balaban J connectivity index is 1.92. The van der Waals surface area contributed by atoms with E-state index < -0.39 is 10.0 Å². The maximum atomic E-state index is 12.4. The zero-order valence-corrected chi connectivity index (χ0v) is 17.1. The molecule has 0 heterocycles. The van der Waals surface area contributed by atoms with Crippen LogP contribution >= 0.6 is 23.2 Å². The molecule has 2 aromatic carbocycles. The van der Waals surface area contributed by atoms with Crippen molar-refractivity contribution in [2.24, 2.45) is 11.7 Å². The van der Waals surface area contributed by atoms with E-state index in [1.54, 1.807) is 42.5 Å². The summed E-state index contributed by atoms with van der Waals surface area (Å²) in [6, 6.07) is 12.0. The number of rotatable bonds is 7. The number of primary amides is 1. The monoisotopic (exact) mass is 426 g/mol. The molecule has 3 rings (SSSR count). The zero-order chi connectivity index (χ0) is 19.8. The second kappa shape index (κ2) is 7.70. The first-order valence-electron chi connectivity index (χ1n) is 8.48. The summed E-state index contributed by atoms with van der Waals surface area (Å²) in [6.45, 7) is 0.0550. The minimum Gasteiger partial charge on any atom is -0.369 e. The van der Waals surface area contributed by atoms with Crippen LogP contribution in [0.4, 0.5) is 5.69 Å². The van der Waals surface area contributed by atoms with Gasteiger partial charge in [-0.1, -0.05) is 47.5 Å². The van der Waals surface area contributed by atoms with E-state index in [1.807, 2.05) is 0 Å². The van der Waals surface area contributed by atoms with Crippen molar-refractivity contribution in [3.8, 4) is 0 Å². The Morgan fingerprint density at radius 2 is 1.81 bits per heavy atom. The molecule has 2 aromatic rings. The molecule has 1 aliphatic rings. The molecule has 144 valence electrons. The summed E-state index contributed by atoms with van der Waals surface area (Å²) in [7, 11) is -3.56. The number of carbonyl (C=O) groups excluding carboxylic acids is 1. The van der Waals surface area contributed by atoms with E-state index in [0.717, 1.165) is 24.7 Å². The maximum Gasteiger partial charge on any atom is 0.232 e. The lowest BCUT2D eigenvalue weighted by atomic mass is 9.93. The van der Waals surface area contributed by atoms with Crippen LogP contribution in [0.15, 0.2) is 42.5 Å². The van der Waals surface area contributed by atoms with Gasteiger partial charge in [0.25, 0.3) is 0 Å². The number of nitrogens with zero attached hydrogens (tertiary/aromatic N) is 1. The number of halogens is 2. The number of sulfonamides is 1. The van der Waals surface area contributed by atoms with Crippen molar-refractivity contribution in [2.45, 2.75) is 25.3 Å². The third-order valence-corrected chi connectivity index (χ3v) is 6.68. The van der Waals surface area contributed by atoms with Crippen molar-refractivity contribution in [2.75, 3.05) is 10.6 Å². The van der Waals surface area contributed by atoms with Crippen LogP contribution in [0.25, 0.3) is 0 Å². The molecule has 1 saturated carbocycles. The van der Waals surface area contributed by atoms with E-state index in [-0.39, 0.29) is 24.3 Å². The lowest BCUT2D eigenvalue weighted by Crippen LogP contribution is -2.29. The summed E-state index contributed by atoms with van der Waals surface area (Å²) in [4.78, 5) is 11.8. The summed E-state index contributed by atoms with van der Waals surface area (Å²) in [5.74, 6) is -0.395. The summed E-state index contributed by atoms with van der Waals surface area (Å²) in [5, 5.41) is 0.693. The summed E-state index contributed by atoms with van der Waals surface area (Å²) in [6.07, 6.45) is 3.10. The first-order valence-corrected chi connectivity index (χ1v) is 11.1. The quantitative estimate of drug-likeness (QED) is 0.727. The Morgan fingerprint density at radius 3 is 2.33 bits per heavy atom. The van der Waals surface area contributed by atoms with Crippen LogP contribution in [-0.2, 0) is 21.4 Å². The standard InChI is InChI=1S/C19H20Cl2N2O3S/c1-27(25,26)23(11-14-3-2-4-16(20)18(14)21)15-9-7-13(8-10-15)17(19(22)24)12-5-6-12/h2-4,7-10,12,17H,5-6,11H2,1H3,(H2,22,24). The predicted octanol–water partition coefficient (Wildman–Crippen LogP) is 3.94. The highest BCUT2D eigenvalue weighted by molar-refractivity contribution is 7.92. The fraction of sp³-hybridized carbons (Fsp3) is 0.316. The van der Waals surface area contributed by atoms with Gasteiger partial charge in [-0.25, -0.2) is 8.42 Å². The maximum absolute atomic E-state index is 12.4. The number of carbonyl (C=O) groups is 1. The third-order valence-electron chi connectivity index (χ3n) is 4.69. The normalized spacial score (nSPS) is 15.4. The van der Waals surface area contributed by atoms with E-state index in [1.165, 1.54) is 4.31 Å². The van der Waals surface area contributed by atoms with Crippen LogP contribution in [0.2, 0.25) is 10.0 Å². The van der Waals surface area contributed by atoms with E-state index in [2.05, 4.69) is 0 Å². The molecular formula is C19H20Cl2N2O3S. The molecule has 0 aromatic heterocycles. The fourth-order valence-electron chi connectivity index (χ4n) is 3.17. The number of nitrogens with two attached hydrogens (primary N) is 1. The molecule has 8 heteroatoms. The van der Waals surface area contributed by atoms with E-state index >= 15 is 0 Å². The molecule has 0 saturated heterocycles. The average molecular weight is 427 g/mol. The minimum atomic E-state index is -3.56. The Labute approximate surface area is 169 Å². The molecule has 1 fully saturated rings. The molecule has 1 atom stereocenters. The molecule has 0 radical (unpaired) electrons. The van der Waals surface area contributed by atoms with Gasteiger partial charge in [0.2, 0.25) is 15.9 Å². The molecular weight excluding hydrogens is 407 g/mol. The van der Waals surface area contributed by atoms with Gasteiger partial charge in [-0.05, 0) is 48.1 Å². The fourth-order valence-corrected chi connectivity index (χ4v) is 4.43. The highest BCUT2D eigenvalue weighted by Crippen LogP contribution is 2.42. The Morgan fingerprint density at radius 1 is 1.19 bits per heavy atom. The molecule has 2 N–H and O–H groups in total. The van der Waals surface area contributed by atoms with Gasteiger partial charge in [0.1, 0.15) is 0 Å². The van der Waals surface area contributed by atoms with Crippen molar-refractivity contribution in [1.29, 1.82) is 0 Å². The number of anilines is 1. The van der Waals surface area contributed by atoms with Crippen LogP contribution in [0.5, 0.6) is 0 Å². The smallest absolute Gasteiger partial charge is 0.232 e. The molecule has 27 heavy (non-hydrogen) atoms. The van der Waals surface area contributed by atoms with Crippen LogP contribution in [0, 0.1) is 5.92 Å². The number of hydrogen-bond acceptors (Lipinski definition) is 3. The first-order chi connectivity index (χ1) is 12.7. The Hall–Kier alpha value is -1.76. The van der Waals surface area contributed by atoms with Gasteiger partial charge in [-0.15, -0.1) is 0 Å². The van der Waals surface area contributed by atoms with Crippen molar-refractivity contribution in [1.82, 2.24) is 0 Å². The second-order valence-corrected chi connectivity index (χ2v) is 9.48. The van der Waals surface area contributed by atoms with E-state index in [4.69, 9.17) is 28.9 Å². The van der Waals surface area contributed by atoms with Gasteiger partial charge in [-0.3, -0.25) is 9.10 Å². The van der Waals surface area contributed by atoms with Crippen molar-refractivity contribution >= 4 is 44.8 Å². The van der Waals surface area contributed by atoms with Crippen molar-refractivity contribution in [3.05, 3.63) is 63.6 Å². The van der Waals surface area contributed by atoms with Crippen LogP contribution in [0.3, 0.4) is 0 Å². The third kappa shape index (κ3) is 4.57.